The molecule has 16 nitrogen and oxygen atoms in total. The first kappa shape index (κ1) is 27.5. The summed E-state index contributed by atoms with van der Waals surface area (Å²) in [7, 11) is 2.97. The smallest absolute Gasteiger partial charge is 0.354 e. The first-order valence-corrected chi connectivity index (χ1v) is 14.2. The summed E-state index contributed by atoms with van der Waals surface area (Å²) >= 11 is 3.60. The normalized spacial score (nSPS) is 22.1. The Kier molecular flexibility index (Phi) is 7.45. The van der Waals surface area contributed by atoms with Crippen LogP contribution in [0.4, 0.5) is 5.13 Å². The number of anilines is 1. The van der Waals surface area contributed by atoms with Crippen LogP contribution in [0.3, 0.4) is 0 Å². The third-order valence-corrected chi connectivity index (χ3v) is 8.93. The maximum Gasteiger partial charge on any atom is 0.354 e. The molecule has 2 amide bonds. The van der Waals surface area contributed by atoms with E-state index in [4.69, 9.17) is 10.6 Å². The standard InChI is InChI=1S/C21H21N9O7S3/c1-28-4-11-23-9(19(33)34)3-12(30(11)27-28)38-5-8-6-39-18-14(17(32)29(18)15(8)20(35)36)25-16(31)13(26-37-2)10-7-40-21(22)24-10/h3-4,7,14,18,27H,5-6H2,1-2H3,(H2,22,24)(H,25,31)(H,33,34)(H,35,36)/t14-,18-/m1/s1. The molecule has 5 heterocycles. The number of β-lactam (4-membered cyclic amide) rings is 1. The Morgan fingerprint density at radius 2 is 2.12 bits per heavy atom. The van der Waals surface area contributed by atoms with E-state index in [0.29, 0.717) is 16.4 Å². The molecule has 19 heteroatoms. The van der Waals surface area contributed by atoms with E-state index in [2.05, 4.69) is 26.0 Å². The van der Waals surface area contributed by atoms with Gasteiger partial charge in [-0.2, -0.15) is 0 Å². The van der Waals surface area contributed by atoms with Gasteiger partial charge in [0.15, 0.2) is 22.4 Å². The quantitative estimate of drug-likeness (QED) is 0.135. The van der Waals surface area contributed by atoms with Crippen LogP contribution in [0.1, 0.15) is 5.69 Å². The van der Waals surface area contributed by atoms with Crippen LogP contribution in [0.25, 0.3) is 0 Å². The number of carbonyl (C=O) groups is 4. The van der Waals surface area contributed by atoms with E-state index in [1.165, 1.54) is 42.1 Å². The highest BCUT2D eigenvalue weighted by atomic mass is 32.2. The number of carbonyl (C=O) groups excluding carboxylic acids is 2. The first-order chi connectivity index (χ1) is 19.1. The topological polar surface area (TPSA) is 215 Å². The minimum atomic E-state index is -1.29. The van der Waals surface area contributed by atoms with Crippen LogP contribution < -0.4 is 16.6 Å². The predicted molar refractivity (Wildman–Crippen MR) is 146 cm³/mol. The van der Waals surface area contributed by atoms with Gasteiger partial charge < -0.3 is 26.1 Å². The molecule has 0 aromatic carbocycles. The van der Waals surface area contributed by atoms with Crippen molar-refractivity contribution >= 4 is 75.2 Å². The van der Waals surface area contributed by atoms with Crippen LogP contribution in [0.5, 0.6) is 0 Å². The summed E-state index contributed by atoms with van der Waals surface area (Å²) in [5, 5.41) is 30.5. The van der Waals surface area contributed by atoms with Crippen molar-refractivity contribution < 1.29 is 34.2 Å². The number of nitrogens with two attached hydrogens (primary N) is 1. The van der Waals surface area contributed by atoms with Gasteiger partial charge >= 0.3 is 11.9 Å². The summed E-state index contributed by atoms with van der Waals surface area (Å²) in [5.41, 5.74) is 8.77. The van der Waals surface area contributed by atoms with Crippen molar-refractivity contribution in [2.45, 2.75) is 11.4 Å². The number of thiazole rings is 1. The van der Waals surface area contributed by atoms with Crippen LogP contribution >= 0.6 is 34.9 Å². The second-order valence-corrected chi connectivity index (χ2v) is 11.4. The number of rotatable bonds is 9. The predicted octanol–water partition coefficient (Wildman–Crippen LogP) is -0.606. The third kappa shape index (κ3) is 4.98. The molecule has 1 aromatic rings. The number of carboxylic acid groups (broad SMARTS) is 2. The molecule has 0 unspecified atom stereocenters. The van der Waals surface area contributed by atoms with Crippen molar-refractivity contribution in [1.29, 1.82) is 0 Å². The second-order valence-electron chi connectivity index (χ2n) is 8.42. The number of aromatic nitrogens is 1. The number of nitrogens with one attached hydrogen (secondary N) is 2. The Morgan fingerprint density at radius 3 is 2.77 bits per heavy atom. The molecular weight excluding hydrogens is 586 g/mol. The zero-order valence-electron chi connectivity index (χ0n) is 20.7. The zero-order chi connectivity index (χ0) is 28.7. The molecular formula is C21H21N9O7S3. The summed E-state index contributed by atoms with van der Waals surface area (Å²) in [5.74, 6) is -3.02. The Labute approximate surface area is 238 Å². The maximum atomic E-state index is 13.1. The lowest BCUT2D eigenvalue weighted by Crippen LogP contribution is -2.71. The van der Waals surface area contributed by atoms with Crippen LogP contribution in [0.15, 0.2) is 49.9 Å². The second kappa shape index (κ2) is 10.8. The van der Waals surface area contributed by atoms with Gasteiger partial charge in [-0.1, -0.05) is 5.16 Å². The molecule has 5 rings (SSSR count). The highest BCUT2D eigenvalue weighted by Gasteiger charge is 2.54. The fourth-order valence-corrected chi connectivity index (χ4v) is 7.16. The van der Waals surface area contributed by atoms with Gasteiger partial charge in [0.2, 0.25) is 0 Å². The Hall–Kier alpha value is -4.07. The summed E-state index contributed by atoms with van der Waals surface area (Å²) < 4.78 is 0. The molecule has 1 aromatic heterocycles. The number of nitrogens with zero attached hydrogens (tertiary/aromatic N) is 6. The Bertz CT molecular complexity index is 1470. The van der Waals surface area contributed by atoms with Gasteiger partial charge in [0, 0.05) is 30.0 Å². The highest BCUT2D eigenvalue weighted by molar-refractivity contribution is 8.03. The van der Waals surface area contributed by atoms with Gasteiger partial charge in [-0.3, -0.25) is 19.5 Å². The van der Waals surface area contributed by atoms with Crippen molar-refractivity contribution in [2.24, 2.45) is 10.1 Å². The van der Waals surface area contributed by atoms with Gasteiger partial charge in [-0.05, 0) is 5.57 Å². The number of aliphatic imine (C=N–C) groups is 1. The number of hydrogen-bond acceptors (Lipinski definition) is 15. The van der Waals surface area contributed by atoms with E-state index in [-0.39, 0.29) is 39.5 Å². The lowest BCUT2D eigenvalue weighted by atomic mass is 10.0. The number of aliphatic carboxylic acids is 2. The molecule has 4 aliphatic rings. The summed E-state index contributed by atoms with van der Waals surface area (Å²) in [6.45, 7) is 0. The van der Waals surface area contributed by atoms with Crippen molar-refractivity contribution in [3.05, 3.63) is 45.5 Å². The molecule has 40 heavy (non-hydrogen) atoms. The number of oxime groups is 1. The molecule has 4 aliphatic heterocycles. The summed E-state index contributed by atoms with van der Waals surface area (Å²) in [4.78, 5) is 63.8. The van der Waals surface area contributed by atoms with Gasteiger partial charge in [-0.25, -0.2) is 24.6 Å². The summed E-state index contributed by atoms with van der Waals surface area (Å²) in [6.07, 6.45) is 2.99. The number of amides is 2. The van der Waals surface area contributed by atoms with E-state index < -0.39 is 35.2 Å². The van der Waals surface area contributed by atoms with E-state index in [1.807, 2.05) is 0 Å². The van der Waals surface area contributed by atoms with Gasteiger partial charge in [0.25, 0.3) is 11.8 Å². The van der Waals surface area contributed by atoms with Crippen molar-refractivity contribution in [2.75, 3.05) is 31.4 Å². The fraction of sp³-hybridized carbons (Fsp3) is 0.286. The zero-order valence-corrected chi connectivity index (χ0v) is 23.2. The molecule has 0 radical (unpaired) electrons. The minimum absolute atomic E-state index is 0.159. The number of fused-ring (bicyclic) bond motifs is 2. The fourth-order valence-electron chi connectivity index (χ4n) is 4.12. The molecule has 210 valence electrons. The average molecular weight is 608 g/mol. The molecule has 1 saturated heterocycles. The van der Waals surface area contributed by atoms with Crippen molar-refractivity contribution in [3.8, 4) is 0 Å². The lowest BCUT2D eigenvalue weighted by Gasteiger charge is -2.49. The first-order valence-electron chi connectivity index (χ1n) is 11.3. The van der Waals surface area contributed by atoms with Crippen molar-refractivity contribution in [3.63, 3.8) is 0 Å². The number of nitrogen functional groups attached to an aromatic ring is 1. The highest BCUT2D eigenvalue weighted by Crippen LogP contribution is 2.42. The number of carboxylic acids is 2. The SMILES string of the molecule is CON=C(C(=O)N[C@@H]1C(=O)N2C(C(=O)O)=C(CSC3=CC(C(=O)O)=NC4=CN(C)NN43)CS[C@H]12)c1csc(N)n1. The summed E-state index contributed by atoms with van der Waals surface area (Å²) in [6, 6.07) is -0.994. The molecule has 1 fully saturated rings. The number of hydrogen-bond donors (Lipinski definition) is 5. The Balaban J connectivity index is 1.32. The van der Waals surface area contributed by atoms with E-state index >= 15 is 0 Å². The lowest BCUT2D eigenvalue weighted by molar-refractivity contribution is -0.150. The van der Waals surface area contributed by atoms with E-state index in [0.717, 1.165) is 16.2 Å². The van der Waals surface area contributed by atoms with Gasteiger partial charge in [0.05, 0.1) is 11.2 Å². The van der Waals surface area contributed by atoms with Crippen LogP contribution in [-0.2, 0) is 24.0 Å². The van der Waals surface area contributed by atoms with Crippen molar-refractivity contribution in [1.82, 2.24) is 30.8 Å². The third-order valence-electron chi connectivity index (χ3n) is 5.82. The molecule has 0 spiro atoms. The monoisotopic (exact) mass is 607 g/mol. The molecule has 2 atom stereocenters. The number of hydrazine groups is 2. The molecule has 0 saturated carbocycles. The van der Waals surface area contributed by atoms with Crippen LogP contribution in [0, 0.1) is 0 Å². The maximum absolute atomic E-state index is 13.1. The van der Waals surface area contributed by atoms with Crippen LogP contribution in [0.2, 0.25) is 0 Å². The number of thioether (sulfide) groups is 2. The largest absolute Gasteiger partial charge is 0.477 e. The molecule has 0 bridgehead atoms. The minimum Gasteiger partial charge on any atom is -0.477 e. The van der Waals surface area contributed by atoms with E-state index in [9.17, 15) is 29.4 Å². The van der Waals surface area contributed by atoms with Gasteiger partial charge in [0.1, 0.15) is 29.9 Å². The Morgan fingerprint density at radius 1 is 1.35 bits per heavy atom. The molecule has 0 aliphatic carbocycles. The van der Waals surface area contributed by atoms with Gasteiger partial charge in [-0.15, -0.1) is 40.4 Å². The van der Waals surface area contributed by atoms with E-state index in [1.54, 1.807) is 23.3 Å². The average Bonchev–Trinajstić information content (AvgIpc) is 3.52. The molecule has 6 N–H and O–H groups in total. The van der Waals surface area contributed by atoms with Crippen LogP contribution in [-0.4, -0.2) is 102 Å².